The molecule has 0 saturated carbocycles. The Labute approximate surface area is 133 Å². The second kappa shape index (κ2) is 6.76. The van der Waals surface area contributed by atoms with Gasteiger partial charge in [0.25, 0.3) is 5.91 Å². The number of ether oxygens (including phenoxy) is 1. The number of amides is 1. The zero-order valence-corrected chi connectivity index (χ0v) is 13.9. The Morgan fingerprint density at radius 1 is 1.14 bits per heavy atom. The lowest BCUT2D eigenvalue weighted by Crippen LogP contribution is -2.12. The van der Waals surface area contributed by atoms with Crippen molar-refractivity contribution in [1.29, 1.82) is 0 Å². The molecule has 2 aromatic rings. The van der Waals surface area contributed by atoms with Gasteiger partial charge in [0, 0.05) is 10.0 Å². The maximum absolute atomic E-state index is 12.2. The number of nitrogens with one attached hydrogen (secondary N) is 1. The van der Waals surface area contributed by atoms with Crippen LogP contribution in [0.2, 0.25) is 0 Å². The van der Waals surface area contributed by atoms with Crippen molar-refractivity contribution in [1.82, 2.24) is 0 Å². The number of benzene rings is 2. The fourth-order valence-electron chi connectivity index (χ4n) is 1.87. The Morgan fingerprint density at radius 2 is 1.81 bits per heavy atom. The molecule has 0 fully saturated rings. The third kappa shape index (κ3) is 4.33. The van der Waals surface area contributed by atoms with Crippen LogP contribution in [0.1, 0.15) is 29.8 Å². The average molecular weight is 348 g/mol. The molecule has 0 aromatic heterocycles. The molecule has 0 spiro atoms. The first-order valence-corrected chi connectivity index (χ1v) is 7.59. The summed E-state index contributed by atoms with van der Waals surface area (Å²) in [6, 6.07) is 12.9. The van der Waals surface area contributed by atoms with Crippen LogP contribution in [0, 0.1) is 6.92 Å². The summed E-state index contributed by atoms with van der Waals surface area (Å²) < 4.78 is 6.43. The third-order valence-electron chi connectivity index (χ3n) is 2.86. The standard InChI is InChI=1S/C17H18BrNO2/c1-11(2)21-14-7-5-13(6-8-14)17(20)19-16-9-4-12(3)10-15(16)18/h4-11H,1-3H3,(H,19,20). The fourth-order valence-corrected chi connectivity index (χ4v) is 2.47. The van der Waals surface area contributed by atoms with Gasteiger partial charge in [-0.25, -0.2) is 0 Å². The van der Waals surface area contributed by atoms with Gasteiger partial charge in [-0.3, -0.25) is 4.79 Å². The van der Waals surface area contributed by atoms with Crippen LogP contribution in [-0.2, 0) is 0 Å². The van der Waals surface area contributed by atoms with Gasteiger partial charge >= 0.3 is 0 Å². The molecule has 1 N–H and O–H groups in total. The summed E-state index contributed by atoms with van der Waals surface area (Å²) in [5.41, 5.74) is 2.49. The van der Waals surface area contributed by atoms with Gasteiger partial charge < -0.3 is 10.1 Å². The van der Waals surface area contributed by atoms with Gasteiger partial charge in [0.2, 0.25) is 0 Å². The normalized spacial score (nSPS) is 10.5. The molecule has 4 heteroatoms. The van der Waals surface area contributed by atoms with Crippen molar-refractivity contribution in [2.75, 3.05) is 5.32 Å². The minimum Gasteiger partial charge on any atom is -0.491 e. The molecular weight excluding hydrogens is 330 g/mol. The van der Waals surface area contributed by atoms with E-state index in [0.29, 0.717) is 5.56 Å². The van der Waals surface area contributed by atoms with Crippen molar-refractivity contribution in [2.45, 2.75) is 26.9 Å². The number of hydrogen-bond acceptors (Lipinski definition) is 2. The number of hydrogen-bond donors (Lipinski definition) is 1. The van der Waals surface area contributed by atoms with Crippen LogP contribution in [0.5, 0.6) is 5.75 Å². The molecule has 110 valence electrons. The maximum atomic E-state index is 12.2. The Morgan fingerprint density at radius 3 is 2.38 bits per heavy atom. The highest BCUT2D eigenvalue weighted by Gasteiger charge is 2.09. The SMILES string of the molecule is Cc1ccc(NC(=O)c2ccc(OC(C)C)cc2)c(Br)c1. The summed E-state index contributed by atoms with van der Waals surface area (Å²) in [4.78, 5) is 12.2. The number of aryl methyl sites for hydroxylation is 1. The summed E-state index contributed by atoms with van der Waals surface area (Å²) in [6.45, 7) is 5.94. The lowest BCUT2D eigenvalue weighted by molar-refractivity contribution is 0.102. The molecule has 2 aromatic carbocycles. The zero-order chi connectivity index (χ0) is 15.4. The molecular formula is C17H18BrNO2. The molecule has 0 heterocycles. The minimum atomic E-state index is -0.143. The fraction of sp³-hybridized carbons (Fsp3) is 0.235. The maximum Gasteiger partial charge on any atom is 0.255 e. The van der Waals surface area contributed by atoms with Crippen molar-refractivity contribution in [3.05, 3.63) is 58.1 Å². The first-order valence-electron chi connectivity index (χ1n) is 6.80. The van der Waals surface area contributed by atoms with Crippen molar-refractivity contribution >= 4 is 27.5 Å². The quantitative estimate of drug-likeness (QED) is 0.862. The highest BCUT2D eigenvalue weighted by Crippen LogP contribution is 2.24. The molecule has 0 aliphatic rings. The van der Waals surface area contributed by atoms with Gasteiger partial charge in [0.05, 0.1) is 11.8 Å². The topological polar surface area (TPSA) is 38.3 Å². The van der Waals surface area contributed by atoms with Gasteiger partial charge in [-0.15, -0.1) is 0 Å². The Bertz CT molecular complexity index is 636. The predicted molar refractivity (Wildman–Crippen MR) is 89.0 cm³/mol. The van der Waals surface area contributed by atoms with Crippen LogP contribution in [0.3, 0.4) is 0 Å². The monoisotopic (exact) mass is 347 g/mol. The molecule has 0 radical (unpaired) electrons. The largest absolute Gasteiger partial charge is 0.491 e. The van der Waals surface area contributed by atoms with Crippen LogP contribution in [0.4, 0.5) is 5.69 Å². The molecule has 0 saturated heterocycles. The van der Waals surface area contributed by atoms with E-state index in [1.165, 1.54) is 0 Å². The Hall–Kier alpha value is -1.81. The number of halogens is 1. The van der Waals surface area contributed by atoms with Crippen molar-refractivity contribution in [2.24, 2.45) is 0 Å². The number of rotatable bonds is 4. The molecule has 0 aliphatic heterocycles. The van der Waals surface area contributed by atoms with E-state index in [9.17, 15) is 4.79 Å². The van der Waals surface area contributed by atoms with E-state index in [0.717, 1.165) is 21.5 Å². The summed E-state index contributed by atoms with van der Waals surface area (Å²) >= 11 is 3.45. The number of anilines is 1. The van der Waals surface area contributed by atoms with Gasteiger partial charge in [0.15, 0.2) is 0 Å². The second-order valence-electron chi connectivity index (χ2n) is 5.13. The molecule has 21 heavy (non-hydrogen) atoms. The molecule has 0 bridgehead atoms. The highest BCUT2D eigenvalue weighted by atomic mass is 79.9. The molecule has 0 aliphatic carbocycles. The van der Waals surface area contributed by atoms with Crippen molar-refractivity contribution in [3.8, 4) is 5.75 Å². The number of carbonyl (C=O) groups is 1. The molecule has 1 amide bonds. The van der Waals surface area contributed by atoms with Crippen LogP contribution >= 0.6 is 15.9 Å². The van der Waals surface area contributed by atoms with Crippen LogP contribution < -0.4 is 10.1 Å². The number of carbonyl (C=O) groups excluding carboxylic acids is 1. The van der Waals surface area contributed by atoms with E-state index in [1.54, 1.807) is 24.3 Å². The molecule has 3 nitrogen and oxygen atoms in total. The van der Waals surface area contributed by atoms with Crippen LogP contribution in [-0.4, -0.2) is 12.0 Å². The summed E-state index contributed by atoms with van der Waals surface area (Å²) in [5.74, 6) is 0.619. The van der Waals surface area contributed by atoms with Gasteiger partial charge in [-0.2, -0.15) is 0 Å². The smallest absolute Gasteiger partial charge is 0.255 e. The summed E-state index contributed by atoms with van der Waals surface area (Å²) in [7, 11) is 0. The highest BCUT2D eigenvalue weighted by molar-refractivity contribution is 9.10. The lowest BCUT2D eigenvalue weighted by atomic mass is 10.2. The first-order chi connectivity index (χ1) is 9.95. The molecule has 0 atom stereocenters. The summed E-state index contributed by atoms with van der Waals surface area (Å²) in [5, 5.41) is 2.89. The Balaban J connectivity index is 2.09. The van der Waals surface area contributed by atoms with E-state index >= 15 is 0 Å². The second-order valence-corrected chi connectivity index (χ2v) is 5.98. The molecule has 0 unspecified atom stereocenters. The van der Waals surface area contributed by atoms with Crippen LogP contribution in [0.15, 0.2) is 46.9 Å². The predicted octanol–water partition coefficient (Wildman–Crippen LogP) is 4.80. The van der Waals surface area contributed by atoms with E-state index in [2.05, 4.69) is 21.2 Å². The van der Waals surface area contributed by atoms with Gasteiger partial charge in [0.1, 0.15) is 5.75 Å². The zero-order valence-electron chi connectivity index (χ0n) is 12.3. The minimum absolute atomic E-state index is 0.119. The Kier molecular flexibility index (Phi) is 5.02. The van der Waals surface area contributed by atoms with Gasteiger partial charge in [-0.1, -0.05) is 6.07 Å². The van der Waals surface area contributed by atoms with E-state index < -0.39 is 0 Å². The van der Waals surface area contributed by atoms with E-state index in [4.69, 9.17) is 4.74 Å². The summed E-state index contributed by atoms with van der Waals surface area (Å²) in [6.07, 6.45) is 0.119. The average Bonchev–Trinajstić information content (AvgIpc) is 2.42. The van der Waals surface area contributed by atoms with Crippen LogP contribution in [0.25, 0.3) is 0 Å². The van der Waals surface area contributed by atoms with Crippen molar-refractivity contribution in [3.63, 3.8) is 0 Å². The molecule has 2 rings (SSSR count). The van der Waals surface area contributed by atoms with E-state index in [1.807, 2.05) is 39.0 Å². The lowest BCUT2D eigenvalue weighted by Gasteiger charge is -2.11. The van der Waals surface area contributed by atoms with E-state index in [-0.39, 0.29) is 12.0 Å². The van der Waals surface area contributed by atoms with Gasteiger partial charge in [-0.05, 0) is 78.7 Å². The van der Waals surface area contributed by atoms with Crippen molar-refractivity contribution < 1.29 is 9.53 Å². The first kappa shape index (κ1) is 15.6. The third-order valence-corrected chi connectivity index (χ3v) is 3.52.